The number of hydrogen-bond donors (Lipinski definition) is 0. The van der Waals surface area contributed by atoms with Gasteiger partial charge in [-0.05, 0) is 100 Å². The molecule has 1 aromatic heterocycles. The molecule has 0 bridgehead atoms. The molecule has 0 N–H and O–H groups in total. The number of allylic oxidation sites excluding steroid dienone is 4. The minimum absolute atomic E-state index is 0.157. The van der Waals surface area contributed by atoms with Gasteiger partial charge in [0.15, 0.2) is 0 Å². The lowest BCUT2D eigenvalue weighted by atomic mass is 9.86. The van der Waals surface area contributed by atoms with Crippen molar-refractivity contribution in [3.8, 4) is 11.3 Å². The monoisotopic (exact) mass is 516 g/mol. The topological polar surface area (TPSA) is 50.5 Å². The third kappa shape index (κ3) is 6.69. The summed E-state index contributed by atoms with van der Waals surface area (Å²) >= 11 is 0. The molecular formula is C32H41FN4O. The average molecular weight is 517 g/mol. The van der Waals surface area contributed by atoms with Crippen LogP contribution in [0.2, 0.25) is 0 Å². The molecule has 3 aliphatic rings. The summed E-state index contributed by atoms with van der Waals surface area (Å²) in [5.41, 5.74) is 4.72. The van der Waals surface area contributed by atoms with Crippen molar-refractivity contribution in [3.05, 3.63) is 65.3 Å². The molecule has 38 heavy (non-hydrogen) atoms. The fraction of sp³-hybridized carbons (Fsp3) is 0.531. The van der Waals surface area contributed by atoms with Gasteiger partial charge in [-0.3, -0.25) is 14.5 Å². The van der Waals surface area contributed by atoms with E-state index in [4.69, 9.17) is 5.10 Å². The number of benzene rings is 1. The third-order valence-corrected chi connectivity index (χ3v) is 8.53. The molecule has 3 heterocycles. The van der Waals surface area contributed by atoms with Gasteiger partial charge in [-0.2, -0.15) is 5.10 Å². The van der Waals surface area contributed by atoms with Gasteiger partial charge < -0.3 is 4.90 Å². The second-order valence-corrected chi connectivity index (χ2v) is 11.3. The van der Waals surface area contributed by atoms with Gasteiger partial charge in [0.05, 0.1) is 5.69 Å². The maximum Gasteiger partial charge on any atom is 0.244 e. The van der Waals surface area contributed by atoms with Crippen LogP contribution in [-0.4, -0.2) is 39.9 Å². The zero-order valence-electron chi connectivity index (χ0n) is 22.7. The highest BCUT2D eigenvalue weighted by Crippen LogP contribution is 2.35. The minimum Gasteiger partial charge on any atom is -0.341 e. The minimum atomic E-state index is -0.203. The van der Waals surface area contributed by atoms with Crippen molar-refractivity contribution in [3.63, 3.8) is 0 Å². The quantitative estimate of drug-likeness (QED) is 0.386. The standard InChI is InChI=1S/C32H41FN4O/c1-24-21-27(13-15-29(24)33)30-22-31(26-9-5-4-6-10-26)37(35-30)23-32(38)36-19-16-25(17-20-36)12-14-28-11-7-2-3-8-18-34-28/h3,8,11,13,15,18,21-22,25-26H,2,4-7,9-10,12,14,16-17,19-20,23H2,1H3/b8-3-,28-11-,34-18+. The molecule has 1 aliphatic carbocycles. The zero-order valence-corrected chi connectivity index (χ0v) is 22.7. The van der Waals surface area contributed by atoms with Crippen LogP contribution < -0.4 is 0 Å². The maximum absolute atomic E-state index is 13.9. The molecule has 1 saturated carbocycles. The fourth-order valence-electron chi connectivity index (χ4n) is 6.14. The summed E-state index contributed by atoms with van der Waals surface area (Å²) in [5, 5.41) is 4.89. The van der Waals surface area contributed by atoms with Crippen molar-refractivity contribution in [1.29, 1.82) is 0 Å². The van der Waals surface area contributed by atoms with Crippen molar-refractivity contribution in [2.45, 2.75) is 90.0 Å². The Morgan fingerprint density at radius 1 is 1.05 bits per heavy atom. The number of halogens is 1. The van der Waals surface area contributed by atoms with E-state index in [0.29, 0.717) is 17.4 Å². The molecule has 2 aliphatic heterocycles. The van der Waals surface area contributed by atoms with Crippen LogP contribution in [0, 0.1) is 18.7 Å². The van der Waals surface area contributed by atoms with Crippen LogP contribution in [0.3, 0.4) is 0 Å². The normalized spacial score (nSPS) is 22.4. The predicted molar refractivity (Wildman–Crippen MR) is 152 cm³/mol. The molecule has 1 saturated heterocycles. The Morgan fingerprint density at radius 3 is 2.66 bits per heavy atom. The summed E-state index contributed by atoms with van der Waals surface area (Å²) in [5.74, 6) is 1.04. The molecule has 1 amide bonds. The first-order valence-corrected chi connectivity index (χ1v) is 14.6. The van der Waals surface area contributed by atoms with Crippen LogP contribution in [0.25, 0.3) is 11.3 Å². The molecule has 2 fully saturated rings. The van der Waals surface area contributed by atoms with Crippen LogP contribution in [0.1, 0.15) is 87.8 Å². The molecule has 0 spiro atoms. The number of nitrogens with zero attached hydrogens (tertiary/aromatic N) is 4. The third-order valence-electron chi connectivity index (χ3n) is 8.53. The first-order chi connectivity index (χ1) is 18.6. The number of carbonyl (C=O) groups is 1. The Balaban J connectivity index is 1.21. The Morgan fingerprint density at radius 2 is 1.87 bits per heavy atom. The Labute approximate surface area is 226 Å². The van der Waals surface area contributed by atoms with E-state index in [9.17, 15) is 9.18 Å². The predicted octanol–water partition coefficient (Wildman–Crippen LogP) is 7.37. The number of hydrogen-bond acceptors (Lipinski definition) is 3. The number of carbonyl (C=O) groups excluding carboxylic acids is 1. The summed E-state index contributed by atoms with van der Waals surface area (Å²) in [6.45, 7) is 3.70. The van der Waals surface area contributed by atoms with Crippen LogP contribution in [0.15, 0.2) is 53.2 Å². The summed E-state index contributed by atoms with van der Waals surface area (Å²) in [6, 6.07) is 7.30. The lowest BCUT2D eigenvalue weighted by Gasteiger charge is -2.32. The fourth-order valence-corrected chi connectivity index (χ4v) is 6.14. The molecule has 6 heteroatoms. The van der Waals surface area contributed by atoms with Crippen LogP contribution in [0.4, 0.5) is 4.39 Å². The zero-order chi connectivity index (χ0) is 26.3. The highest BCUT2D eigenvalue weighted by Gasteiger charge is 2.26. The van der Waals surface area contributed by atoms with Crippen molar-refractivity contribution in [1.82, 2.24) is 14.7 Å². The van der Waals surface area contributed by atoms with Gasteiger partial charge in [0, 0.05) is 42.2 Å². The second-order valence-electron chi connectivity index (χ2n) is 11.3. The van der Waals surface area contributed by atoms with Gasteiger partial charge in [-0.1, -0.05) is 31.4 Å². The first kappa shape index (κ1) is 26.6. The van der Waals surface area contributed by atoms with E-state index in [1.165, 1.54) is 31.0 Å². The first-order valence-electron chi connectivity index (χ1n) is 14.6. The van der Waals surface area contributed by atoms with Crippen LogP contribution in [-0.2, 0) is 11.3 Å². The van der Waals surface area contributed by atoms with E-state index in [2.05, 4.69) is 23.2 Å². The molecule has 1 aromatic carbocycles. The van der Waals surface area contributed by atoms with Crippen molar-refractivity contribution in [2.24, 2.45) is 10.9 Å². The number of likely N-dealkylation sites (tertiary alicyclic amines) is 1. The lowest BCUT2D eigenvalue weighted by molar-refractivity contribution is -0.133. The molecule has 0 unspecified atom stereocenters. The Bertz CT molecular complexity index is 1200. The molecule has 0 atom stereocenters. The number of amides is 1. The van der Waals surface area contributed by atoms with E-state index in [1.807, 2.05) is 27.9 Å². The molecule has 0 radical (unpaired) electrons. The van der Waals surface area contributed by atoms with Gasteiger partial charge in [0.2, 0.25) is 5.91 Å². The number of rotatable bonds is 7. The lowest BCUT2D eigenvalue weighted by Crippen LogP contribution is -2.40. The van der Waals surface area contributed by atoms with Crippen molar-refractivity contribution < 1.29 is 9.18 Å². The summed E-state index contributed by atoms with van der Waals surface area (Å²) < 4.78 is 15.8. The molecule has 202 valence electrons. The van der Waals surface area contributed by atoms with Gasteiger partial charge >= 0.3 is 0 Å². The van der Waals surface area contributed by atoms with Gasteiger partial charge in [-0.25, -0.2) is 4.39 Å². The van der Waals surface area contributed by atoms with E-state index in [-0.39, 0.29) is 18.3 Å². The average Bonchev–Trinajstić information content (AvgIpc) is 3.34. The van der Waals surface area contributed by atoms with E-state index < -0.39 is 0 Å². The molecular weight excluding hydrogens is 475 g/mol. The largest absolute Gasteiger partial charge is 0.341 e. The SMILES string of the molecule is Cc1cc(-c2cc(C3CCCCC3)n(CC(=O)N3CCC(CCC4=C\CC\C=C/C=N/4)CC3)n2)ccc1F. The summed E-state index contributed by atoms with van der Waals surface area (Å²) in [4.78, 5) is 20.0. The summed E-state index contributed by atoms with van der Waals surface area (Å²) in [6.07, 6.45) is 20.8. The number of aryl methyl sites for hydroxylation is 1. The molecule has 5 rings (SSSR count). The van der Waals surface area contributed by atoms with E-state index >= 15 is 0 Å². The highest BCUT2D eigenvalue weighted by molar-refractivity contribution is 5.76. The van der Waals surface area contributed by atoms with Crippen LogP contribution >= 0.6 is 0 Å². The smallest absolute Gasteiger partial charge is 0.244 e. The van der Waals surface area contributed by atoms with Gasteiger partial charge in [0.1, 0.15) is 12.4 Å². The molecule has 5 nitrogen and oxygen atoms in total. The number of aromatic nitrogens is 2. The van der Waals surface area contributed by atoms with Crippen LogP contribution in [0.5, 0.6) is 0 Å². The second kappa shape index (κ2) is 12.7. The maximum atomic E-state index is 13.9. The van der Waals surface area contributed by atoms with E-state index in [1.54, 1.807) is 13.0 Å². The number of aliphatic imine (C=N–C) groups is 1. The van der Waals surface area contributed by atoms with Gasteiger partial charge in [0.25, 0.3) is 0 Å². The Kier molecular flexibility index (Phi) is 8.87. The van der Waals surface area contributed by atoms with Crippen molar-refractivity contribution in [2.75, 3.05) is 13.1 Å². The van der Waals surface area contributed by atoms with Gasteiger partial charge in [-0.15, -0.1) is 0 Å². The number of piperidine rings is 1. The Hall–Kier alpha value is -3.02. The van der Waals surface area contributed by atoms with E-state index in [0.717, 1.165) is 81.4 Å². The molecule has 2 aromatic rings. The summed E-state index contributed by atoms with van der Waals surface area (Å²) in [7, 11) is 0. The highest BCUT2D eigenvalue weighted by atomic mass is 19.1. The van der Waals surface area contributed by atoms with Crippen molar-refractivity contribution >= 4 is 12.1 Å².